The van der Waals surface area contributed by atoms with Crippen LogP contribution in [0.5, 0.6) is 0 Å². The Hall–Kier alpha value is 0.740. The third kappa shape index (κ3) is 3.15. The van der Waals surface area contributed by atoms with Gasteiger partial charge >= 0.3 is 0 Å². The van der Waals surface area contributed by atoms with Crippen molar-refractivity contribution < 1.29 is 0 Å². The van der Waals surface area contributed by atoms with Crippen molar-refractivity contribution >= 4 is 55.4 Å². The number of halogens is 2. The predicted octanol–water partition coefficient (Wildman–Crippen LogP) is 4.30. The van der Waals surface area contributed by atoms with Crippen LogP contribution in [0.4, 0.5) is 0 Å². The quantitative estimate of drug-likeness (QED) is 0.711. The Balaban J connectivity index is 2.26. The average molecular weight is 384 g/mol. The SMILES string of the molecule is CCC1SCCSC1c1nc(Br)cc(Br)n1. The maximum absolute atomic E-state index is 4.50. The van der Waals surface area contributed by atoms with E-state index in [2.05, 4.69) is 48.8 Å². The maximum atomic E-state index is 4.50. The molecule has 0 radical (unpaired) electrons. The van der Waals surface area contributed by atoms with E-state index in [9.17, 15) is 0 Å². The van der Waals surface area contributed by atoms with Gasteiger partial charge in [0.05, 0.1) is 5.25 Å². The summed E-state index contributed by atoms with van der Waals surface area (Å²) < 4.78 is 1.71. The molecule has 2 heterocycles. The lowest BCUT2D eigenvalue weighted by molar-refractivity contribution is 0.744. The van der Waals surface area contributed by atoms with Crippen molar-refractivity contribution in [2.45, 2.75) is 23.8 Å². The molecule has 1 saturated heterocycles. The van der Waals surface area contributed by atoms with Crippen LogP contribution in [0.3, 0.4) is 0 Å². The van der Waals surface area contributed by atoms with Crippen molar-refractivity contribution in [3.05, 3.63) is 21.1 Å². The van der Waals surface area contributed by atoms with E-state index in [0.717, 1.165) is 15.0 Å². The zero-order chi connectivity index (χ0) is 11.5. The molecule has 1 aliphatic heterocycles. The fourth-order valence-electron chi connectivity index (χ4n) is 1.68. The number of hydrogen-bond donors (Lipinski definition) is 0. The number of rotatable bonds is 2. The summed E-state index contributed by atoms with van der Waals surface area (Å²) in [6.07, 6.45) is 1.18. The van der Waals surface area contributed by atoms with E-state index in [1.807, 2.05) is 29.6 Å². The second-order valence-electron chi connectivity index (χ2n) is 3.48. The molecule has 2 rings (SSSR count). The lowest BCUT2D eigenvalue weighted by Crippen LogP contribution is -2.20. The minimum absolute atomic E-state index is 0.428. The van der Waals surface area contributed by atoms with Crippen molar-refractivity contribution in [1.29, 1.82) is 0 Å². The highest BCUT2D eigenvalue weighted by molar-refractivity contribution is 9.11. The second kappa shape index (κ2) is 6.07. The average Bonchev–Trinajstić information content (AvgIpc) is 2.27. The molecule has 0 saturated carbocycles. The van der Waals surface area contributed by atoms with Crippen molar-refractivity contribution in [3.63, 3.8) is 0 Å². The topological polar surface area (TPSA) is 25.8 Å². The lowest BCUT2D eigenvalue weighted by atomic mass is 10.2. The van der Waals surface area contributed by atoms with Gasteiger partial charge in [-0.1, -0.05) is 6.92 Å². The van der Waals surface area contributed by atoms with E-state index in [-0.39, 0.29) is 0 Å². The minimum atomic E-state index is 0.428. The van der Waals surface area contributed by atoms with Gasteiger partial charge in [0.2, 0.25) is 0 Å². The van der Waals surface area contributed by atoms with Gasteiger partial charge in [-0.2, -0.15) is 11.8 Å². The van der Waals surface area contributed by atoms with Gasteiger partial charge < -0.3 is 0 Å². The predicted molar refractivity (Wildman–Crippen MR) is 79.2 cm³/mol. The normalized spacial score (nSPS) is 25.7. The summed E-state index contributed by atoms with van der Waals surface area (Å²) in [6.45, 7) is 2.24. The van der Waals surface area contributed by atoms with Gasteiger partial charge in [-0.3, -0.25) is 0 Å². The molecule has 0 N–H and O–H groups in total. The molecule has 0 aromatic carbocycles. The molecule has 1 aromatic heterocycles. The molecule has 0 amide bonds. The highest BCUT2D eigenvalue weighted by atomic mass is 79.9. The zero-order valence-corrected chi connectivity index (χ0v) is 13.6. The van der Waals surface area contributed by atoms with Crippen LogP contribution in [0, 0.1) is 0 Å². The Morgan fingerprint density at radius 1 is 1.25 bits per heavy atom. The molecule has 0 bridgehead atoms. The second-order valence-corrected chi connectivity index (χ2v) is 7.70. The summed E-state index contributed by atoms with van der Waals surface area (Å²) in [5, 5.41) is 1.07. The molecule has 2 atom stereocenters. The molecule has 2 unspecified atom stereocenters. The summed E-state index contributed by atoms with van der Waals surface area (Å²) in [6, 6.07) is 1.88. The Morgan fingerprint density at radius 3 is 2.50 bits per heavy atom. The molecule has 1 aliphatic rings. The van der Waals surface area contributed by atoms with Gasteiger partial charge in [0.15, 0.2) is 0 Å². The molecule has 1 fully saturated rings. The molecule has 1 aromatic rings. The number of thioether (sulfide) groups is 2. The summed E-state index contributed by atoms with van der Waals surface area (Å²) in [4.78, 5) is 8.99. The van der Waals surface area contributed by atoms with Gasteiger partial charge in [0, 0.05) is 22.8 Å². The van der Waals surface area contributed by atoms with Gasteiger partial charge in [-0.25, -0.2) is 9.97 Å². The van der Waals surface area contributed by atoms with Gasteiger partial charge in [0.25, 0.3) is 0 Å². The van der Waals surface area contributed by atoms with Crippen LogP contribution in [0.2, 0.25) is 0 Å². The summed E-state index contributed by atoms with van der Waals surface area (Å²) in [5.74, 6) is 3.39. The number of hydrogen-bond acceptors (Lipinski definition) is 4. The van der Waals surface area contributed by atoms with Crippen LogP contribution in [-0.4, -0.2) is 26.7 Å². The fraction of sp³-hybridized carbons (Fsp3) is 0.600. The highest BCUT2D eigenvalue weighted by Crippen LogP contribution is 2.43. The largest absolute Gasteiger partial charge is 0.225 e. The Morgan fingerprint density at radius 2 is 1.88 bits per heavy atom. The molecule has 88 valence electrons. The first kappa shape index (κ1) is 13.2. The van der Waals surface area contributed by atoms with Crippen LogP contribution in [0.25, 0.3) is 0 Å². The molecular formula is C10H12Br2N2S2. The van der Waals surface area contributed by atoms with E-state index in [4.69, 9.17) is 0 Å². The summed E-state index contributed by atoms with van der Waals surface area (Å²) >= 11 is 10.9. The van der Waals surface area contributed by atoms with E-state index >= 15 is 0 Å². The first-order chi connectivity index (χ1) is 7.70. The summed E-state index contributed by atoms with van der Waals surface area (Å²) in [5.41, 5.74) is 0. The standard InChI is InChI=1S/C10H12Br2N2S2/c1-2-6-9(16-4-3-15-6)10-13-7(11)5-8(12)14-10/h5-6,9H,2-4H2,1H3. The van der Waals surface area contributed by atoms with Crippen molar-refractivity contribution in [3.8, 4) is 0 Å². The van der Waals surface area contributed by atoms with Crippen LogP contribution in [-0.2, 0) is 0 Å². The first-order valence-corrected chi connectivity index (χ1v) is 8.82. The third-order valence-electron chi connectivity index (χ3n) is 2.39. The Bertz CT molecular complexity index is 356. The van der Waals surface area contributed by atoms with Gasteiger partial charge in [-0.15, -0.1) is 11.8 Å². The lowest BCUT2D eigenvalue weighted by Gasteiger charge is -2.28. The fourth-order valence-corrected chi connectivity index (χ4v) is 5.77. The maximum Gasteiger partial charge on any atom is 0.145 e. The van der Waals surface area contributed by atoms with Crippen LogP contribution >= 0.6 is 55.4 Å². The highest BCUT2D eigenvalue weighted by Gasteiger charge is 2.28. The molecule has 0 aliphatic carbocycles. The molecule has 16 heavy (non-hydrogen) atoms. The minimum Gasteiger partial charge on any atom is -0.225 e. The zero-order valence-electron chi connectivity index (χ0n) is 8.82. The van der Waals surface area contributed by atoms with Crippen molar-refractivity contribution in [2.24, 2.45) is 0 Å². The smallest absolute Gasteiger partial charge is 0.145 e. The third-order valence-corrected chi connectivity index (χ3v) is 6.44. The molecular weight excluding hydrogens is 372 g/mol. The molecule has 2 nitrogen and oxygen atoms in total. The van der Waals surface area contributed by atoms with Crippen molar-refractivity contribution in [1.82, 2.24) is 9.97 Å². The molecule has 0 spiro atoms. The van der Waals surface area contributed by atoms with E-state index < -0.39 is 0 Å². The number of aromatic nitrogens is 2. The van der Waals surface area contributed by atoms with Gasteiger partial charge in [0.1, 0.15) is 15.0 Å². The van der Waals surface area contributed by atoms with E-state index in [1.165, 1.54) is 17.9 Å². The first-order valence-electron chi connectivity index (χ1n) is 5.14. The van der Waals surface area contributed by atoms with E-state index in [1.54, 1.807) is 0 Å². The van der Waals surface area contributed by atoms with Crippen molar-refractivity contribution in [2.75, 3.05) is 11.5 Å². The monoisotopic (exact) mass is 382 g/mol. The van der Waals surface area contributed by atoms with Crippen LogP contribution in [0.1, 0.15) is 24.4 Å². The summed E-state index contributed by atoms with van der Waals surface area (Å²) in [7, 11) is 0. The Kier molecular flexibility index (Phi) is 5.00. The Labute approximate surface area is 121 Å². The number of nitrogens with zero attached hydrogens (tertiary/aromatic N) is 2. The molecule has 6 heteroatoms. The van der Waals surface area contributed by atoms with Gasteiger partial charge in [-0.05, 0) is 38.3 Å². The van der Waals surface area contributed by atoms with Crippen LogP contribution in [0.15, 0.2) is 15.3 Å². The van der Waals surface area contributed by atoms with E-state index in [0.29, 0.717) is 10.5 Å². The van der Waals surface area contributed by atoms with Crippen LogP contribution < -0.4 is 0 Å².